The molecule has 0 aliphatic carbocycles. The van der Waals surface area contributed by atoms with Gasteiger partial charge in [0, 0.05) is 23.9 Å². The van der Waals surface area contributed by atoms with Gasteiger partial charge in [0.1, 0.15) is 0 Å². The highest BCUT2D eigenvalue weighted by Crippen LogP contribution is 2.15. The Balaban J connectivity index is 2.10. The van der Waals surface area contributed by atoms with Crippen molar-refractivity contribution in [2.45, 2.75) is 53.0 Å². The van der Waals surface area contributed by atoms with Gasteiger partial charge in [-0.1, -0.05) is 20.3 Å². The highest BCUT2D eigenvalue weighted by molar-refractivity contribution is 5.76. The van der Waals surface area contributed by atoms with Crippen LogP contribution in [-0.2, 0) is 11.2 Å². The number of aliphatic hydroxyl groups excluding tert-OH is 1. The zero-order valence-electron chi connectivity index (χ0n) is 14.7. The summed E-state index contributed by atoms with van der Waals surface area (Å²) in [6.45, 7) is 7.77. The first-order valence-corrected chi connectivity index (χ1v) is 8.35. The van der Waals surface area contributed by atoms with Crippen LogP contribution in [-0.4, -0.2) is 38.3 Å². The molecule has 2 aromatic heterocycles. The van der Waals surface area contributed by atoms with Gasteiger partial charge in [0.15, 0.2) is 5.65 Å². The lowest BCUT2D eigenvalue weighted by molar-refractivity contribution is -0.122. The van der Waals surface area contributed by atoms with E-state index in [1.54, 1.807) is 4.52 Å². The number of hydrogen-bond acceptors (Lipinski definition) is 4. The fourth-order valence-electron chi connectivity index (χ4n) is 2.89. The van der Waals surface area contributed by atoms with E-state index in [4.69, 9.17) is 0 Å². The van der Waals surface area contributed by atoms with Crippen molar-refractivity contribution in [1.82, 2.24) is 19.9 Å². The van der Waals surface area contributed by atoms with Gasteiger partial charge in [-0.05, 0) is 31.7 Å². The van der Waals surface area contributed by atoms with Crippen molar-refractivity contribution < 1.29 is 9.90 Å². The molecule has 2 unspecified atom stereocenters. The number of aromatic amines is 1. The Morgan fingerprint density at radius 2 is 2.17 bits per heavy atom. The number of fused-ring (bicyclic) bond motifs is 1. The lowest BCUT2D eigenvalue weighted by Gasteiger charge is -2.22. The molecule has 0 saturated heterocycles. The second kappa shape index (κ2) is 7.61. The van der Waals surface area contributed by atoms with E-state index >= 15 is 0 Å². The molecule has 7 nitrogen and oxygen atoms in total. The molecule has 2 aromatic rings. The first-order valence-electron chi connectivity index (χ1n) is 8.35. The van der Waals surface area contributed by atoms with E-state index in [0.717, 1.165) is 23.4 Å². The molecule has 0 aliphatic rings. The fourth-order valence-corrected chi connectivity index (χ4v) is 2.89. The van der Waals surface area contributed by atoms with Crippen LogP contribution in [0.1, 0.15) is 43.6 Å². The lowest BCUT2D eigenvalue weighted by Crippen LogP contribution is -2.42. The molecular weight excluding hydrogens is 308 g/mol. The molecule has 2 rings (SSSR count). The summed E-state index contributed by atoms with van der Waals surface area (Å²) in [5.74, 6) is 0.139. The third-order valence-electron chi connectivity index (χ3n) is 4.68. The van der Waals surface area contributed by atoms with Crippen molar-refractivity contribution in [2.24, 2.45) is 5.92 Å². The van der Waals surface area contributed by atoms with Crippen molar-refractivity contribution in [3.63, 3.8) is 0 Å². The standard InChI is InChI=1S/C17H26N4O3/c1-5-10(2)14(9-22)19-16(23)7-6-13-11(3)18-15-8-17(24)20-21(15)12(13)4/h8,10,14,22H,5-7,9H2,1-4H3,(H,19,23)(H,20,24). The Bertz CT molecular complexity index is 778. The Labute approximate surface area is 141 Å². The summed E-state index contributed by atoms with van der Waals surface area (Å²) in [5, 5.41) is 15.0. The highest BCUT2D eigenvalue weighted by Gasteiger charge is 2.18. The molecule has 0 aromatic carbocycles. The Kier molecular flexibility index (Phi) is 5.77. The molecule has 2 heterocycles. The summed E-state index contributed by atoms with van der Waals surface area (Å²) in [6.07, 6.45) is 1.74. The smallest absolute Gasteiger partial charge is 0.266 e. The van der Waals surface area contributed by atoms with Gasteiger partial charge in [-0.3, -0.25) is 14.7 Å². The van der Waals surface area contributed by atoms with E-state index in [0.29, 0.717) is 18.5 Å². The van der Waals surface area contributed by atoms with Crippen molar-refractivity contribution in [2.75, 3.05) is 6.61 Å². The molecule has 2 atom stereocenters. The monoisotopic (exact) mass is 334 g/mol. The van der Waals surface area contributed by atoms with Crippen molar-refractivity contribution in [3.8, 4) is 0 Å². The summed E-state index contributed by atoms with van der Waals surface area (Å²) < 4.78 is 1.65. The average Bonchev–Trinajstić information content (AvgIpc) is 2.92. The van der Waals surface area contributed by atoms with Crippen LogP contribution in [0.5, 0.6) is 0 Å². The number of rotatable bonds is 7. The summed E-state index contributed by atoms with van der Waals surface area (Å²) in [5.41, 5.74) is 3.04. The van der Waals surface area contributed by atoms with Crippen LogP contribution in [0.15, 0.2) is 10.9 Å². The van der Waals surface area contributed by atoms with Gasteiger partial charge in [-0.25, -0.2) is 9.50 Å². The maximum atomic E-state index is 12.2. The maximum Gasteiger partial charge on any atom is 0.266 e. The van der Waals surface area contributed by atoms with E-state index < -0.39 is 0 Å². The van der Waals surface area contributed by atoms with Gasteiger partial charge in [0.2, 0.25) is 5.91 Å². The number of aromatic nitrogens is 3. The molecule has 1 amide bonds. The molecule has 0 saturated carbocycles. The van der Waals surface area contributed by atoms with Crippen LogP contribution in [0.4, 0.5) is 0 Å². The van der Waals surface area contributed by atoms with Crippen molar-refractivity contribution in [1.29, 1.82) is 0 Å². The van der Waals surface area contributed by atoms with Gasteiger partial charge >= 0.3 is 0 Å². The zero-order chi connectivity index (χ0) is 17.9. The molecule has 24 heavy (non-hydrogen) atoms. The number of carbonyl (C=O) groups excluding carboxylic acids is 1. The number of aryl methyl sites for hydroxylation is 2. The van der Waals surface area contributed by atoms with Gasteiger partial charge in [0.25, 0.3) is 5.56 Å². The topological polar surface area (TPSA) is 99.5 Å². The van der Waals surface area contributed by atoms with Crippen LogP contribution >= 0.6 is 0 Å². The second-order valence-corrected chi connectivity index (χ2v) is 6.32. The zero-order valence-corrected chi connectivity index (χ0v) is 14.7. The molecule has 0 bridgehead atoms. The van der Waals surface area contributed by atoms with Gasteiger partial charge < -0.3 is 10.4 Å². The van der Waals surface area contributed by atoms with Crippen LogP contribution in [0.3, 0.4) is 0 Å². The molecule has 3 N–H and O–H groups in total. The number of aliphatic hydroxyl groups is 1. The van der Waals surface area contributed by atoms with Gasteiger partial charge in [-0.15, -0.1) is 0 Å². The quantitative estimate of drug-likeness (QED) is 0.706. The Morgan fingerprint density at radius 1 is 1.46 bits per heavy atom. The van der Waals surface area contributed by atoms with Crippen LogP contribution in [0, 0.1) is 19.8 Å². The molecule has 7 heteroatoms. The molecule has 0 aliphatic heterocycles. The Hall–Kier alpha value is -2.15. The predicted octanol–water partition coefficient (Wildman–Crippen LogP) is 1.10. The molecule has 0 spiro atoms. The summed E-state index contributed by atoms with van der Waals surface area (Å²) in [6, 6.07) is 1.24. The molecular formula is C17H26N4O3. The van der Waals surface area contributed by atoms with Crippen molar-refractivity contribution in [3.05, 3.63) is 33.4 Å². The number of amides is 1. The first-order chi connectivity index (χ1) is 11.4. The number of carbonyl (C=O) groups is 1. The highest BCUT2D eigenvalue weighted by atomic mass is 16.3. The second-order valence-electron chi connectivity index (χ2n) is 6.32. The number of H-pyrrole nitrogens is 1. The number of nitrogens with zero attached hydrogens (tertiary/aromatic N) is 2. The van der Waals surface area contributed by atoms with Crippen molar-refractivity contribution >= 4 is 11.6 Å². The summed E-state index contributed by atoms with van der Waals surface area (Å²) in [7, 11) is 0. The fraction of sp³-hybridized carbons (Fsp3) is 0.588. The summed E-state index contributed by atoms with van der Waals surface area (Å²) >= 11 is 0. The number of nitrogens with one attached hydrogen (secondary N) is 2. The van der Waals surface area contributed by atoms with Gasteiger partial charge in [-0.2, -0.15) is 0 Å². The predicted molar refractivity (Wildman–Crippen MR) is 92.1 cm³/mol. The van der Waals surface area contributed by atoms with E-state index in [1.165, 1.54) is 6.07 Å². The minimum atomic E-state index is -0.217. The van der Waals surface area contributed by atoms with Crippen LogP contribution < -0.4 is 10.9 Å². The van der Waals surface area contributed by atoms with Crippen LogP contribution in [0.2, 0.25) is 0 Å². The average molecular weight is 334 g/mol. The Morgan fingerprint density at radius 3 is 2.79 bits per heavy atom. The minimum absolute atomic E-state index is 0.0586. The van der Waals surface area contributed by atoms with E-state index in [9.17, 15) is 14.7 Å². The largest absolute Gasteiger partial charge is 0.394 e. The molecule has 0 fully saturated rings. The first kappa shape index (κ1) is 18.2. The summed E-state index contributed by atoms with van der Waals surface area (Å²) in [4.78, 5) is 28.1. The number of hydrogen-bond donors (Lipinski definition) is 3. The SMILES string of the molecule is CCC(C)C(CO)NC(=O)CCc1c(C)nc2cc(=O)[nH]n2c1C. The van der Waals surface area contributed by atoms with E-state index in [1.807, 2.05) is 27.7 Å². The lowest BCUT2D eigenvalue weighted by atomic mass is 9.99. The minimum Gasteiger partial charge on any atom is -0.394 e. The maximum absolute atomic E-state index is 12.2. The van der Waals surface area contributed by atoms with Gasteiger partial charge in [0.05, 0.1) is 12.6 Å². The third-order valence-corrected chi connectivity index (χ3v) is 4.68. The normalized spacial score (nSPS) is 13.9. The molecule has 0 radical (unpaired) electrons. The van der Waals surface area contributed by atoms with E-state index in [-0.39, 0.29) is 30.0 Å². The molecule has 132 valence electrons. The van der Waals surface area contributed by atoms with E-state index in [2.05, 4.69) is 15.4 Å². The third kappa shape index (κ3) is 3.84. The van der Waals surface area contributed by atoms with Crippen LogP contribution in [0.25, 0.3) is 5.65 Å².